The minimum absolute atomic E-state index is 0.249. The molecule has 172 valence electrons. The molecule has 0 amide bonds. The maximum atomic E-state index is 13.2. The van der Waals surface area contributed by atoms with Crippen LogP contribution in [0.15, 0.2) is 65.8 Å². The summed E-state index contributed by atoms with van der Waals surface area (Å²) in [6.45, 7) is 2.64. The van der Waals surface area contributed by atoms with Gasteiger partial charge in [-0.05, 0) is 55.3 Å². The van der Waals surface area contributed by atoms with E-state index in [1.165, 1.54) is 28.3 Å². The highest BCUT2D eigenvalue weighted by Crippen LogP contribution is 2.25. The van der Waals surface area contributed by atoms with Crippen LogP contribution in [0.4, 0.5) is 0 Å². The number of nitrogens with one attached hydrogen (secondary N) is 1. The minimum Gasteiger partial charge on any atom is -0.497 e. The molecule has 2 aliphatic heterocycles. The smallest absolute Gasteiger partial charge is 0.341 e. The van der Waals surface area contributed by atoms with Gasteiger partial charge in [-0.1, -0.05) is 11.6 Å². The largest absolute Gasteiger partial charge is 0.497 e. The molecule has 8 heteroatoms. The SMILES string of the molecule is COC(=O)c1cn(CCc2c[nH]c3ccc(C)cc23)cc2c(=O)n(-c3ccc(OC)cc3)nc1-2. The lowest BCUT2D eigenvalue weighted by molar-refractivity contribution is 0.0600. The Hall–Kier alpha value is -4.33. The van der Waals surface area contributed by atoms with Crippen molar-refractivity contribution in [1.29, 1.82) is 0 Å². The average molecular weight is 457 g/mol. The molecule has 8 nitrogen and oxygen atoms in total. The van der Waals surface area contributed by atoms with E-state index in [0.29, 0.717) is 29.2 Å². The number of rotatable bonds is 6. The monoisotopic (exact) mass is 456 g/mol. The summed E-state index contributed by atoms with van der Waals surface area (Å²) in [6, 6.07) is 13.3. The lowest BCUT2D eigenvalue weighted by Gasteiger charge is -2.11. The second-order valence-electron chi connectivity index (χ2n) is 8.19. The summed E-state index contributed by atoms with van der Waals surface area (Å²) >= 11 is 0. The van der Waals surface area contributed by atoms with Crippen LogP contribution in [0.3, 0.4) is 0 Å². The van der Waals surface area contributed by atoms with Crippen molar-refractivity contribution in [3.63, 3.8) is 0 Å². The van der Waals surface area contributed by atoms with Crippen molar-refractivity contribution in [2.45, 2.75) is 19.9 Å². The molecule has 5 rings (SSSR count). The van der Waals surface area contributed by atoms with Crippen molar-refractivity contribution in [3.8, 4) is 22.7 Å². The van der Waals surface area contributed by atoms with Crippen LogP contribution in [-0.4, -0.2) is 39.5 Å². The van der Waals surface area contributed by atoms with Crippen LogP contribution in [0.2, 0.25) is 0 Å². The first-order chi connectivity index (χ1) is 16.5. The second-order valence-corrected chi connectivity index (χ2v) is 8.19. The third-order valence-corrected chi connectivity index (χ3v) is 6.01. The fraction of sp³-hybridized carbons (Fsp3) is 0.192. The van der Waals surface area contributed by atoms with Gasteiger partial charge in [0.15, 0.2) is 0 Å². The van der Waals surface area contributed by atoms with Crippen LogP contribution in [0.25, 0.3) is 27.8 Å². The number of methoxy groups -OCH3 is 2. The Morgan fingerprint density at radius 1 is 1.09 bits per heavy atom. The highest BCUT2D eigenvalue weighted by Gasteiger charge is 2.25. The molecule has 3 heterocycles. The molecule has 1 aromatic heterocycles. The Morgan fingerprint density at radius 3 is 2.62 bits per heavy atom. The number of aryl methyl sites for hydroxylation is 3. The van der Waals surface area contributed by atoms with E-state index < -0.39 is 5.97 Å². The number of aromatic amines is 1. The first-order valence-corrected chi connectivity index (χ1v) is 10.9. The Bertz CT molecular complexity index is 1530. The summed E-state index contributed by atoms with van der Waals surface area (Å²) in [7, 11) is 2.90. The number of hydrogen-bond donors (Lipinski definition) is 1. The highest BCUT2D eigenvalue weighted by atomic mass is 16.5. The Labute approximate surface area is 195 Å². The van der Waals surface area contributed by atoms with Crippen LogP contribution in [0, 0.1) is 6.92 Å². The first-order valence-electron chi connectivity index (χ1n) is 10.9. The van der Waals surface area contributed by atoms with Crippen LogP contribution < -0.4 is 10.3 Å². The molecule has 0 atom stereocenters. The van der Waals surface area contributed by atoms with Gasteiger partial charge in [-0.3, -0.25) is 4.79 Å². The molecule has 0 bridgehead atoms. The Kier molecular flexibility index (Phi) is 5.41. The molecule has 34 heavy (non-hydrogen) atoms. The Balaban J connectivity index is 1.55. The van der Waals surface area contributed by atoms with E-state index in [0.717, 1.165) is 11.9 Å². The topological polar surface area (TPSA) is 91.1 Å². The molecule has 3 aromatic rings. The van der Waals surface area contributed by atoms with Crippen molar-refractivity contribution in [2.24, 2.45) is 0 Å². The Morgan fingerprint density at radius 2 is 1.88 bits per heavy atom. The summed E-state index contributed by atoms with van der Waals surface area (Å²) in [6.07, 6.45) is 6.17. The molecule has 0 saturated carbocycles. The summed E-state index contributed by atoms with van der Waals surface area (Å²) in [5, 5.41) is 5.63. The van der Waals surface area contributed by atoms with Gasteiger partial charge in [-0.15, -0.1) is 0 Å². The first kappa shape index (κ1) is 21.5. The second kappa shape index (κ2) is 8.55. The third-order valence-electron chi connectivity index (χ3n) is 6.01. The van der Waals surface area contributed by atoms with Gasteiger partial charge in [0.05, 0.1) is 25.5 Å². The van der Waals surface area contributed by atoms with Crippen LogP contribution in [-0.2, 0) is 17.7 Å². The lowest BCUT2D eigenvalue weighted by atomic mass is 10.1. The van der Waals surface area contributed by atoms with Gasteiger partial charge in [0.2, 0.25) is 0 Å². The zero-order valence-corrected chi connectivity index (χ0v) is 19.2. The number of aromatic nitrogens is 4. The van der Waals surface area contributed by atoms with Crippen molar-refractivity contribution >= 4 is 16.9 Å². The predicted octanol–water partition coefficient (Wildman–Crippen LogP) is 3.97. The quantitative estimate of drug-likeness (QED) is 0.391. The van der Waals surface area contributed by atoms with Gasteiger partial charge >= 0.3 is 5.97 Å². The number of ether oxygens (including phenoxy) is 2. The van der Waals surface area contributed by atoms with Crippen LogP contribution in [0.5, 0.6) is 5.75 Å². The summed E-state index contributed by atoms with van der Waals surface area (Å²) in [5.74, 6) is 0.134. The van der Waals surface area contributed by atoms with Gasteiger partial charge in [-0.25, -0.2) is 4.79 Å². The number of benzene rings is 2. The normalized spacial score (nSPS) is 11.3. The van der Waals surface area contributed by atoms with E-state index in [-0.39, 0.29) is 11.1 Å². The van der Waals surface area contributed by atoms with E-state index in [1.807, 2.05) is 10.8 Å². The van der Waals surface area contributed by atoms with Crippen molar-refractivity contribution in [1.82, 2.24) is 19.3 Å². The van der Waals surface area contributed by atoms with Gasteiger partial charge in [-0.2, -0.15) is 9.78 Å². The van der Waals surface area contributed by atoms with Crippen LogP contribution in [0.1, 0.15) is 21.5 Å². The zero-order chi connectivity index (χ0) is 23.8. The third kappa shape index (κ3) is 3.73. The molecule has 0 unspecified atom stereocenters. The number of hydrogen-bond acceptors (Lipinski definition) is 5. The van der Waals surface area contributed by atoms with Gasteiger partial charge in [0, 0.05) is 36.0 Å². The average Bonchev–Trinajstić information content (AvgIpc) is 3.42. The van der Waals surface area contributed by atoms with Crippen LogP contribution >= 0.6 is 0 Å². The van der Waals surface area contributed by atoms with E-state index in [2.05, 4.69) is 35.2 Å². The number of nitrogens with zero attached hydrogens (tertiary/aromatic N) is 3. The van der Waals surface area contributed by atoms with Crippen molar-refractivity contribution in [3.05, 3.63) is 88.1 Å². The van der Waals surface area contributed by atoms with Gasteiger partial charge in [0.25, 0.3) is 5.56 Å². The van der Waals surface area contributed by atoms with E-state index in [1.54, 1.807) is 43.8 Å². The van der Waals surface area contributed by atoms with Gasteiger partial charge < -0.3 is 19.0 Å². The minimum atomic E-state index is -0.540. The number of fused-ring (bicyclic) bond motifs is 2. The fourth-order valence-corrected chi connectivity index (χ4v) is 4.20. The number of carbonyl (C=O) groups is 1. The zero-order valence-electron chi connectivity index (χ0n) is 19.2. The van der Waals surface area contributed by atoms with Crippen molar-refractivity contribution < 1.29 is 14.3 Å². The molecule has 0 fully saturated rings. The fourth-order valence-electron chi connectivity index (χ4n) is 4.20. The molecule has 0 saturated heterocycles. The molecule has 0 aliphatic carbocycles. The number of pyridine rings is 1. The number of H-pyrrole nitrogens is 1. The highest BCUT2D eigenvalue weighted by molar-refractivity contribution is 5.96. The molecular formula is C26H24N4O4. The summed E-state index contributed by atoms with van der Waals surface area (Å²) in [4.78, 5) is 29.1. The molecule has 0 radical (unpaired) electrons. The standard InChI is InChI=1S/C26H24N4O4/c1-16-4-9-23-20(12-16)17(13-27-23)10-11-29-14-21-24(22(15-29)26(32)34-3)28-30(25(21)31)18-5-7-19(33-2)8-6-18/h4-9,12-15,27H,10-11H2,1-3H3. The van der Waals surface area contributed by atoms with Crippen molar-refractivity contribution in [2.75, 3.05) is 14.2 Å². The summed E-state index contributed by atoms with van der Waals surface area (Å²) < 4.78 is 13.3. The maximum absolute atomic E-state index is 13.2. The van der Waals surface area contributed by atoms with E-state index >= 15 is 0 Å². The predicted molar refractivity (Wildman–Crippen MR) is 129 cm³/mol. The molecule has 0 spiro atoms. The maximum Gasteiger partial charge on any atom is 0.341 e. The van der Waals surface area contributed by atoms with E-state index in [4.69, 9.17) is 9.47 Å². The molecule has 2 aromatic carbocycles. The summed E-state index contributed by atoms with van der Waals surface area (Å²) in [5.41, 5.74) is 4.64. The molecule has 2 aliphatic rings. The molecule has 1 N–H and O–H groups in total. The molecular weight excluding hydrogens is 432 g/mol. The number of carbonyl (C=O) groups excluding carboxylic acids is 1. The lowest BCUT2D eigenvalue weighted by Crippen LogP contribution is -2.16. The number of esters is 1. The van der Waals surface area contributed by atoms with E-state index in [9.17, 15) is 9.59 Å². The van der Waals surface area contributed by atoms with Gasteiger partial charge in [0.1, 0.15) is 17.0 Å².